The molecule has 1 aliphatic rings. The molecule has 0 radical (unpaired) electrons. The molecule has 0 spiro atoms. The van der Waals surface area contributed by atoms with Gasteiger partial charge >= 0.3 is 12.2 Å². The van der Waals surface area contributed by atoms with Crippen LogP contribution in [0.2, 0.25) is 0 Å². The molecular weight excluding hydrogens is 483 g/mol. The molecule has 1 amide bonds. The van der Waals surface area contributed by atoms with E-state index in [1.165, 1.54) is 24.7 Å². The molecule has 3 aromatic rings. The lowest BCUT2D eigenvalue weighted by Crippen LogP contribution is -2.49. The maximum Gasteiger partial charge on any atom is 0.416 e. The zero-order chi connectivity index (χ0) is 25.4. The summed E-state index contributed by atoms with van der Waals surface area (Å²) < 4.78 is 58.8. The SMILES string of the molecule is C=S(C)(=O)Nc1cnn(C(=O)N2CCN(Cc3ccc(-n4ccnc4C)cc3C(F)(F)F)CC2)c1. The smallest absolute Gasteiger partial charge is 0.320 e. The van der Waals surface area contributed by atoms with Gasteiger partial charge in [-0.15, -0.1) is 0 Å². The Balaban J connectivity index is 1.42. The molecule has 1 unspecified atom stereocenters. The van der Waals surface area contributed by atoms with Gasteiger partial charge in [0.25, 0.3) is 0 Å². The number of carbonyl (C=O) groups is 1. The third-order valence-corrected chi connectivity index (χ3v) is 6.32. The number of hydrogen-bond donors (Lipinski definition) is 1. The highest BCUT2D eigenvalue weighted by molar-refractivity contribution is 8.00. The van der Waals surface area contributed by atoms with E-state index < -0.39 is 21.4 Å². The van der Waals surface area contributed by atoms with Crippen molar-refractivity contribution < 1.29 is 22.2 Å². The molecule has 0 saturated carbocycles. The molecule has 1 saturated heterocycles. The number of aryl methyl sites for hydroxylation is 1. The highest BCUT2D eigenvalue weighted by atomic mass is 32.2. The van der Waals surface area contributed by atoms with Crippen molar-refractivity contribution >= 4 is 27.3 Å². The quantitative estimate of drug-likeness (QED) is 0.535. The lowest BCUT2D eigenvalue weighted by Gasteiger charge is -2.34. The van der Waals surface area contributed by atoms with Crippen molar-refractivity contribution in [3.63, 3.8) is 0 Å². The molecule has 3 heterocycles. The predicted molar refractivity (Wildman–Crippen MR) is 128 cm³/mol. The van der Waals surface area contributed by atoms with Gasteiger partial charge in [0.2, 0.25) is 0 Å². The molecule has 1 aromatic carbocycles. The number of aromatic nitrogens is 4. The minimum absolute atomic E-state index is 0.115. The van der Waals surface area contributed by atoms with Crippen LogP contribution in [-0.4, -0.2) is 77.7 Å². The zero-order valence-electron chi connectivity index (χ0n) is 19.3. The maximum atomic E-state index is 13.9. The highest BCUT2D eigenvalue weighted by Gasteiger charge is 2.34. The Morgan fingerprint density at radius 1 is 1.23 bits per heavy atom. The van der Waals surface area contributed by atoms with Crippen molar-refractivity contribution in [2.24, 2.45) is 0 Å². The fourth-order valence-electron chi connectivity index (χ4n) is 3.98. The Labute approximate surface area is 201 Å². The normalized spacial score (nSPS) is 16.8. The van der Waals surface area contributed by atoms with Gasteiger partial charge in [-0.25, -0.2) is 14.0 Å². The van der Waals surface area contributed by atoms with E-state index in [1.54, 1.807) is 34.9 Å². The second-order valence-corrected chi connectivity index (χ2v) is 10.7. The monoisotopic (exact) mass is 509 g/mol. The van der Waals surface area contributed by atoms with Crippen molar-refractivity contribution in [1.82, 2.24) is 29.1 Å². The van der Waals surface area contributed by atoms with E-state index in [1.807, 2.05) is 4.90 Å². The fraction of sp³-hybridized carbons (Fsp3) is 0.364. The number of hydrogen-bond acceptors (Lipinski definition) is 5. The molecule has 9 nitrogen and oxygen atoms in total. The zero-order valence-corrected chi connectivity index (χ0v) is 20.1. The molecule has 35 heavy (non-hydrogen) atoms. The Hall–Kier alpha value is -3.32. The molecular formula is C22H26F3N7O2S. The Bertz CT molecular complexity index is 1320. The summed E-state index contributed by atoms with van der Waals surface area (Å²) in [6, 6.07) is 3.94. The third kappa shape index (κ3) is 5.85. The average molecular weight is 510 g/mol. The van der Waals surface area contributed by atoms with Crippen LogP contribution in [0.15, 0.2) is 43.0 Å². The van der Waals surface area contributed by atoms with Crippen LogP contribution >= 0.6 is 0 Å². The van der Waals surface area contributed by atoms with Crippen molar-refractivity contribution in [2.75, 3.05) is 37.2 Å². The second-order valence-electron chi connectivity index (χ2n) is 8.51. The highest BCUT2D eigenvalue weighted by Crippen LogP contribution is 2.34. The van der Waals surface area contributed by atoms with Gasteiger partial charge in [-0.2, -0.15) is 23.0 Å². The van der Waals surface area contributed by atoms with E-state index in [-0.39, 0.29) is 18.1 Å². The topological polar surface area (TPSA) is 88.3 Å². The number of nitrogens with one attached hydrogen (secondary N) is 1. The standard InChI is InChI=1S/C22H26F3N7O2S/c1-16-26-6-7-31(16)19-5-4-17(20(12-19)22(23,24)25)14-29-8-10-30(11-9-29)21(33)32-15-18(13-27-32)28-35(2,3)34/h4-7,12-13,15H,2,8-11,14H2,1,3H3,(H,28,34). The Morgan fingerprint density at radius 2 is 1.94 bits per heavy atom. The lowest BCUT2D eigenvalue weighted by atomic mass is 10.0. The number of alkyl halides is 3. The molecule has 13 heteroatoms. The number of benzene rings is 1. The van der Waals surface area contributed by atoms with Gasteiger partial charge in [0.05, 0.1) is 23.6 Å². The van der Waals surface area contributed by atoms with Crippen LogP contribution in [0.5, 0.6) is 0 Å². The Kier molecular flexibility index (Phi) is 6.64. The van der Waals surface area contributed by atoms with Crippen LogP contribution in [0.1, 0.15) is 17.0 Å². The van der Waals surface area contributed by atoms with Gasteiger partial charge in [-0.1, -0.05) is 6.07 Å². The maximum absolute atomic E-state index is 13.9. The number of piperazine rings is 1. The van der Waals surface area contributed by atoms with Crippen molar-refractivity contribution in [3.8, 4) is 5.69 Å². The third-order valence-electron chi connectivity index (χ3n) is 5.65. The van der Waals surface area contributed by atoms with E-state index >= 15 is 0 Å². The Morgan fingerprint density at radius 3 is 2.54 bits per heavy atom. The van der Waals surface area contributed by atoms with Gasteiger partial charge in [-0.05, 0) is 30.5 Å². The number of imidazole rings is 1. The largest absolute Gasteiger partial charge is 0.416 e. The average Bonchev–Trinajstić information content (AvgIpc) is 3.41. The van der Waals surface area contributed by atoms with Gasteiger partial charge < -0.3 is 14.2 Å². The number of carbonyl (C=O) groups excluding carboxylic acids is 1. The summed E-state index contributed by atoms with van der Waals surface area (Å²) in [5.41, 5.74) is 0.305. The molecule has 4 rings (SSSR count). The number of rotatable bonds is 5. The number of anilines is 1. The van der Waals surface area contributed by atoms with Crippen molar-refractivity contribution in [2.45, 2.75) is 19.6 Å². The lowest BCUT2D eigenvalue weighted by molar-refractivity contribution is -0.138. The summed E-state index contributed by atoms with van der Waals surface area (Å²) in [5, 5.41) is 4.00. The summed E-state index contributed by atoms with van der Waals surface area (Å²) in [4.78, 5) is 20.3. The van der Waals surface area contributed by atoms with Gasteiger partial charge in [0.1, 0.15) is 5.82 Å². The summed E-state index contributed by atoms with van der Waals surface area (Å²) in [6.45, 7) is 3.36. The molecule has 1 aliphatic heterocycles. The number of halogens is 3. The van der Waals surface area contributed by atoms with E-state index in [2.05, 4.69) is 20.7 Å². The molecule has 2 aromatic heterocycles. The van der Waals surface area contributed by atoms with Crippen LogP contribution < -0.4 is 4.72 Å². The number of amides is 1. The molecule has 0 bridgehead atoms. The van der Waals surface area contributed by atoms with Crippen LogP contribution in [0, 0.1) is 6.92 Å². The second kappa shape index (κ2) is 9.38. The van der Waals surface area contributed by atoms with Crippen LogP contribution in [0.4, 0.5) is 23.7 Å². The van der Waals surface area contributed by atoms with Gasteiger partial charge in [0, 0.05) is 66.8 Å². The first-order valence-corrected chi connectivity index (χ1v) is 12.9. The van der Waals surface area contributed by atoms with E-state index in [4.69, 9.17) is 0 Å². The van der Waals surface area contributed by atoms with Crippen LogP contribution in [0.25, 0.3) is 5.69 Å². The minimum Gasteiger partial charge on any atom is -0.320 e. The molecule has 1 fully saturated rings. The van der Waals surface area contributed by atoms with E-state index in [0.717, 1.165) is 10.7 Å². The minimum atomic E-state index is -4.50. The molecule has 1 N–H and O–H groups in total. The van der Waals surface area contributed by atoms with Gasteiger partial charge in [0.15, 0.2) is 0 Å². The van der Waals surface area contributed by atoms with Crippen LogP contribution in [0.3, 0.4) is 0 Å². The summed E-state index contributed by atoms with van der Waals surface area (Å²) in [7, 11) is -2.50. The van der Waals surface area contributed by atoms with E-state index in [9.17, 15) is 22.2 Å². The molecule has 1 atom stereocenters. The van der Waals surface area contributed by atoms with E-state index in [0.29, 0.717) is 43.4 Å². The van der Waals surface area contributed by atoms with Gasteiger partial charge in [-0.3, -0.25) is 4.90 Å². The van der Waals surface area contributed by atoms with Crippen LogP contribution in [-0.2, 0) is 22.4 Å². The first kappa shape index (κ1) is 24.8. The first-order valence-electron chi connectivity index (χ1n) is 10.8. The summed E-state index contributed by atoms with van der Waals surface area (Å²) in [5.74, 6) is 4.10. The predicted octanol–water partition coefficient (Wildman–Crippen LogP) is 2.86. The fourth-order valence-corrected chi connectivity index (χ4v) is 4.58. The summed E-state index contributed by atoms with van der Waals surface area (Å²) >= 11 is 0. The number of nitrogens with zero attached hydrogens (tertiary/aromatic N) is 6. The van der Waals surface area contributed by atoms with Crippen molar-refractivity contribution in [1.29, 1.82) is 0 Å². The molecule has 188 valence electrons. The summed E-state index contributed by atoms with van der Waals surface area (Å²) in [6.07, 6.45) is 2.92. The van der Waals surface area contributed by atoms with Crippen molar-refractivity contribution in [3.05, 3.63) is 59.9 Å². The molecule has 0 aliphatic carbocycles. The first-order chi connectivity index (χ1) is 16.4.